The van der Waals surface area contributed by atoms with E-state index in [4.69, 9.17) is 9.47 Å². The fraction of sp³-hybridized carbons (Fsp3) is 0.286. The van der Waals surface area contributed by atoms with Crippen molar-refractivity contribution in [2.24, 2.45) is 0 Å². The van der Waals surface area contributed by atoms with Crippen molar-refractivity contribution in [1.29, 1.82) is 0 Å². The predicted octanol–water partition coefficient (Wildman–Crippen LogP) is 3.45. The van der Waals surface area contributed by atoms with E-state index >= 15 is 0 Å². The minimum Gasteiger partial charge on any atom is -0.497 e. The Kier molecular flexibility index (Phi) is 9.72. The number of likely N-dealkylation sites (N-methyl/N-ethyl adjacent to an activating group) is 1. The molecule has 38 heavy (non-hydrogen) atoms. The molecule has 0 aromatic heterocycles. The van der Waals surface area contributed by atoms with Gasteiger partial charge in [-0.2, -0.15) is 0 Å². The highest BCUT2D eigenvalue weighted by Gasteiger charge is 2.32. The molecule has 10 heteroatoms. The SMILES string of the molecule is CCOc1ccc(N(CC(=O)N(Cc2ccc(OC)cc2)[C@@H](C)C(=O)NC)S(=O)(=O)c2ccccc2)cc1. The molecule has 0 aliphatic rings. The van der Waals surface area contributed by atoms with Crippen LogP contribution in [0.15, 0.2) is 83.8 Å². The maximum Gasteiger partial charge on any atom is 0.264 e. The van der Waals surface area contributed by atoms with Gasteiger partial charge in [-0.3, -0.25) is 13.9 Å². The van der Waals surface area contributed by atoms with E-state index in [1.165, 1.54) is 24.1 Å². The number of hydrogen-bond donors (Lipinski definition) is 1. The van der Waals surface area contributed by atoms with Crippen LogP contribution in [0.1, 0.15) is 19.4 Å². The average Bonchev–Trinajstić information content (AvgIpc) is 2.95. The van der Waals surface area contributed by atoms with E-state index in [1.54, 1.807) is 80.8 Å². The predicted molar refractivity (Wildman–Crippen MR) is 146 cm³/mol. The zero-order valence-electron chi connectivity index (χ0n) is 22.0. The number of carbonyl (C=O) groups is 2. The van der Waals surface area contributed by atoms with Gasteiger partial charge in [-0.05, 0) is 67.9 Å². The second kappa shape index (κ2) is 13.0. The monoisotopic (exact) mass is 539 g/mol. The Bertz CT molecular complexity index is 1310. The molecule has 1 N–H and O–H groups in total. The summed E-state index contributed by atoms with van der Waals surface area (Å²) >= 11 is 0. The molecule has 0 radical (unpaired) electrons. The van der Waals surface area contributed by atoms with Gasteiger partial charge >= 0.3 is 0 Å². The van der Waals surface area contributed by atoms with Crippen LogP contribution in [0, 0.1) is 0 Å². The molecule has 0 bridgehead atoms. The molecule has 9 nitrogen and oxygen atoms in total. The number of benzene rings is 3. The molecule has 0 heterocycles. The highest BCUT2D eigenvalue weighted by atomic mass is 32.2. The molecule has 1 atom stereocenters. The van der Waals surface area contributed by atoms with Gasteiger partial charge in [-0.25, -0.2) is 8.42 Å². The van der Waals surface area contributed by atoms with E-state index in [1.807, 2.05) is 6.92 Å². The van der Waals surface area contributed by atoms with Gasteiger partial charge in [0.25, 0.3) is 10.0 Å². The summed E-state index contributed by atoms with van der Waals surface area (Å²) in [7, 11) is -1.07. The summed E-state index contributed by atoms with van der Waals surface area (Å²) in [4.78, 5) is 27.7. The van der Waals surface area contributed by atoms with Crippen LogP contribution in [-0.4, -0.2) is 58.5 Å². The third-order valence-corrected chi connectivity index (χ3v) is 7.76. The van der Waals surface area contributed by atoms with Crippen molar-refractivity contribution in [3.8, 4) is 11.5 Å². The molecule has 0 unspecified atom stereocenters. The molecule has 0 saturated heterocycles. The Labute approximate surface area is 224 Å². The average molecular weight is 540 g/mol. The van der Waals surface area contributed by atoms with Crippen LogP contribution in [0.25, 0.3) is 0 Å². The van der Waals surface area contributed by atoms with Gasteiger partial charge in [-0.15, -0.1) is 0 Å². The lowest BCUT2D eigenvalue weighted by atomic mass is 10.1. The van der Waals surface area contributed by atoms with E-state index in [0.29, 0.717) is 23.8 Å². The minimum absolute atomic E-state index is 0.0442. The molecule has 0 aliphatic heterocycles. The van der Waals surface area contributed by atoms with Crippen molar-refractivity contribution in [3.63, 3.8) is 0 Å². The van der Waals surface area contributed by atoms with Crippen LogP contribution in [0.2, 0.25) is 0 Å². The largest absolute Gasteiger partial charge is 0.497 e. The van der Waals surface area contributed by atoms with E-state index in [0.717, 1.165) is 9.87 Å². The Morgan fingerprint density at radius 1 is 0.921 bits per heavy atom. The van der Waals surface area contributed by atoms with Crippen molar-refractivity contribution in [1.82, 2.24) is 10.2 Å². The summed E-state index contributed by atoms with van der Waals surface area (Å²) in [5, 5.41) is 2.56. The fourth-order valence-electron chi connectivity index (χ4n) is 3.84. The number of nitrogens with zero attached hydrogens (tertiary/aromatic N) is 2. The van der Waals surface area contributed by atoms with Gasteiger partial charge in [-0.1, -0.05) is 30.3 Å². The standard InChI is InChI=1S/C28H33N3O6S/c1-5-37-25-17-13-23(14-18-25)31(38(34,35)26-9-7-6-8-10-26)20-27(32)30(21(2)28(33)29-3)19-22-11-15-24(36-4)16-12-22/h6-18,21H,5,19-20H2,1-4H3,(H,29,33)/t21-/m0/s1. The first-order chi connectivity index (χ1) is 18.2. The second-order valence-corrected chi connectivity index (χ2v) is 10.3. The minimum atomic E-state index is -4.11. The van der Waals surface area contributed by atoms with Crippen molar-refractivity contribution >= 4 is 27.5 Å². The van der Waals surface area contributed by atoms with Crippen LogP contribution in [0.5, 0.6) is 11.5 Å². The number of carbonyl (C=O) groups excluding carboxylic acids is 2. The summed E-state index contributed by atoms with van der Waals surface area (Å²) < 4.78 is 39.2. The third-order valence-electron chi connectivity index (χ3n) is 5.97. The zero-order chi connectivity index (χ0) is 27.7. The van der Waals surface area contributed by atoms with Crippen molar-refractivity contribution < 1.29 is 27.5 Å². The normalized spacial score (nSPS) is 11.8. The molecule has 3 rings (SSSR count). The van der Waals surface area contributed by atoms with Crippen molar-refractivity contribution in [2.45, 2.75) is 31.3 Å². The number of sulfonamides is 1. The lowest BCUT2D eigenvalue weighted by Gasteiger charge is -2.31. The summed E-state index contributed by atoms with van der Waals surface area (Å²) in [6.07, 6.45) is 0. The molecular formula is C28H33N3O6S. The number of anilines is 1. The topological polar surface area (TPSA) is 105 Å². The summed E-state index contributed by atoms with van der Waals surface area (Å²) in [6.45, 7) is 3.50. The number of nitrogens with one attached hydrogen (secondary N) is 1. The Balaban J connectivity index is 2.00. The van der Waals surface area contributed by atoms with Gasteiger partial charge < -0.3 is 19.7 Å². The van der Waals surface area contributed by atoms with E-state index < -0.39 is 28.5 Å². The van der Waals surface area contributed by atoms with Crippen LogP contribution in [0.4, 0.5) is 5.69 Å². The molecule has 0 fully saturated rings. The number of hydrogen-bond acceptors (Lipinski definition) is 6. The Morgan fingerprint density at radius 2 is 1.53 bits per heavy atom. The molecular weight excluding hydrogens is 506 g/mol. The smallest absolute Gasteiger partial charge is 0.264 e. The van der Waals surface area contributed by atoms with Crippen LogP contribution in [0.3, 0.4) is 0 Å². The van der Waals surface area contributed by atoms with Crippen molar-refractivity contribution in [3.05, 3.63) is 84.4 Å². The Hall–Kier alpha value is -4.05. The molecule has 3 aromatic carbocycles. The first-order valence-corrected chi connectivity index (χ1v) is 13.6. The maximum absolute atomic E-state index is 13.8. The molecule has 0 saturated carbocycles. The second-order valence-electron chi connectivity index (χ2n) is 8.41. The summed E-state index contributed by atoms with van der Waals surface area (Å²) in [5.41, 5.74) is 1.05. The molecule has 2 amide bonds. The first-order valence-electron chi connectivity index (χ1n) is 12.2. The van der Waals surface area contributed by atoms with Gasteiger partial charge in [0.2, 0.25) is 11.8 Å². The molecule has 0 spiro atoms. The highest BCUT2D eigenvalue weighted by molar-refractivity contribution is 7.92. The zero-order valence-corrected chi connectivity index (χ0v) is 22.8. The number of rotatable bonds is 12. The van der Waals surface area contributed by atoms with E-state index in [9.17, 15) is 18.0 Å². The van der Waals surface area contributed by atoms with Gasteiger partial charge in [0.1, 0.15) is 24.1 Å². The third kappa shape index (κ3) is 6.83. The fourth-order valence-corrected chi connectivity index (χ4v) is 5.28. The number of ether oxygens (including phenoxy) is 2. The summed E-state index contributed by atoms with van der Waals surface area (Å²) in [6, 6.07) is 20.6. The molecule has 3 aromatic rings. The lowest BCUT2D eigenvalue weighted by Crippen LogP contribution is -2.50. The maximum atomic E-state index is 13.8. The summed E-state index contributed by atoms with van der Waals surface area (Å²) in [5.74, 6) is 0.325. The van der Waals surface area contributed by atoms with E-state index in [-0.39, 0.29) is 17.3 Å². The first kappa shape index (κ1) is 28.5. The molecule has 0 aliphatic carbocycles. The lowest BCUT2D eigenvalue weighted by molar-refractivity contribution is -0.139. The van der Waals surface area contributed by atoms with Gasteiger partial charge in [0.15, 0.2) is 0 Å². The number of amides is 2. The quantitative estimate of drug-likeness (QED) is 0.378. The van der Waals surface area contributed by atoms with Gasteiger partial charge in [0.05, 0.1) is 24.3 Å². The Morgan fingerprint density at radius 3 is 2.08 bits per heavy atom. The molecule has 202 valence electrons. The van der Waals surface area contributed by atoms with Crippen LogP contribution < -0.4 is 19.1 Å². The van der Waals surface area contributed by atoms with Crippen LogP contribution >= 0.6 is 0 Å². The van der Waals surface area contributed by atoms with Crippen molar-refractivity contribution in [2.75, 3.05) is 31.6 Å². The highest BCUT2D eigenvalue weighted by Crippen LogP contribution is 2.26. The van der Waals surface area contributed by atoms with Gasteiger partial charge in [0, 0.05) is 13.6 Å². The van der Waals surface area contributed by atoms with E-state index in [2.05, 4.69) is 5.32 Å². The number of methoxy groups -OCH3 is 1. The van der Waals surface area contributed by atoms with Crippen LogP contribution in [-0.2, 0) is 26.2 Å².